The molecule has 3 aliphatic rings. The van der Waals surface area contributed by atoms with Gasteiger partial charge in [-0.3, -0.25) is 9.69 Å². The molecule has 0 unspecified atom stereocenters. The lowest BCUT2D eigenvalue weighted by Crippen LogP contribution is -2.28. The lowest BCUT2D eigenvalue weighted by atomic mass is 9.96. The number of carbonyl (C=O) groups is 1. The first-order valence-corrected chi connectivity index (χ1v) is 12.7. The third-order valence-corrected chi connectivity index (χ3v) is 8.52. The molecule has 1 saturated heterocycles. The van der Waals surface area contributed by atoms with E-state index in [-0.39, 0.29) is 12.6 Å². The first-order valence-electron chi connectivity index (χ1n) is 11.4. The van der Waals surface area contributed by atoms with Gasteiger partial charge in [-0.25, -0.2) is 0 Å². The molecule has 7 heteroatoms. The zero-order chi connectivity index (χ0) is 23.4. The van der Waals surface area contributed by atoms with E-state index in [1.807, 2.05) is 12.1 Å². The van der Waals surface area contributed by atoms with Gasteiger partial charge in [0.15, 0.2) is 0 Å². The van der Waals surface area contributed by atoms with E-state index in [1.165, 1.54) is 63.6 Å². The predicted molar refractivity (Wildman–Crippen MR) is 142 cm³/mol. The molecule has 172 valence electrons. The number of aliphatic hydroxyl groups excluding tert-OH is 1. The number of carbonyl (C=O) groups excluding carboxylic acids is 1. The van der Waals surface area contributed by atoms with Gasteiger partial charge in [0.25, 0.3) is 5.91 Å². The molecule has 34 heavy (non-hydrogen) atoms. The highest BCUT2D eigenvalue weighted by Crippen LogP contribution is 2.53. The molecule has 6 rings (SSSR count). The standard InChI is InChI=1S/C27H24N2O3S2/c1-32-20-9-7-17-13-19(8-6-18(17)14-20)29-23-4-2-3-21(23)22-11-16(5-10-24(22)29)12-25-26(31)28(15-30)27(33)34-25/h5-14,21,23,30H,2-4,15H2,1H3/b25-12-/t21-,23-/m0/s1. The van der Waals surface area contributed by atoms with Crippen molar-refractivity contribution < 1.29 is 14.6 Å². The molecular weight excluding hydrogens is 464 g/mol. The second-order valence-electron chi connectivity index (χ2n) is 8.94. The van der Waals surface area contributed by atoms with Gasteiger partial charge in [-0.1, -0.05) is 48.6 Å². The van der Waals surface area contributed by atoms with E-state index in [2.05, 4.69) is 53.4 Å². The van der Waals surface area contributed by atoms with Gasteiger partial charge in [-0.2, -0.15) is 0 Å². The Bertz CT molecular complexity index is 1370. The molecule has 2 atom stereocenters. The molecule has 0 spiro atoms. The SMILES string of the molecule is COc1ccc2cc(N3c4ccc(/C=C5\SC(=S)N(CO)C5=O)cc4[C@@H]4CCC[C@@H]43)ccc2c1. The minimum absolute atomic E-state index is 0.230. The Labute approximate surface area is 208 Å². The Kier molecular flexibility index (Phi) is 5.36. The van der Waals surface area contributed by atoms with Crippen LogP contribution in [0.15, 0.2) is 59.5 Å². The van der Waals surface area contributed by atoms with Crippen molar-refractivity contribution in [1.29, 1.82) is 0 Å². The lowest BCUT2D eigenvalue weighted by Gasteiger charge is -2.27. The number of rotatable bonds is 4. The summed E-state index contributed by atoms with van der Waals surface area (Å²) >= 11 is 6.47. The van der Waals surface area contributed by atoms with Crippen LogP contribution in [-0.4, -0.2) is 40.1 Å². The zero-order valence-corrected chi connectivity index (χ0v) is 20.4. The first-order chi connectivity index (χ1) is 16.6. The number of thioether (sulfide) groups is 1. The smallest absolute Gasteiger partial charge is 0.268 e. The highest BCUT2D eigenvalue weighted by atomic mass is 32.2. The molecule has 2 aliphatic heterocycles. The van der Waals surface area contributed by atoms with Gasteiger partial charge in [0.05, 0.1) is 12.0 Å². The van der Waals surface area contributed by atoms with Crippen LogP contribution >= 0.6 is 24.0 Å². The van der Waals surface area contributed by atoms with Gasteiger partial charge in [-0.15, -0.1) is 0 Å². The molecule has 1 saturated carbocycles. The summed E-state index contributed by atoms with van der Waals surface area (Å²) in [6, 6.07) is 19.8. The Morgan fingerprint density at radius 3 is 2.74 bits per heavy atom. The Morgan fingerprint density at radius 1 is 1.12 bits per heavy atom. The predicted octanol–water partition coefficient (Wildman–Crippen LogP) is 5.79. The van der Waals surface area contributed by atoms with E-state index >= 15 is 0 Å². The molecule has 3 aromatic carbocycles. The first kappa shape index (κ1) is 21.6. The van der Waals surface area contributed by atoms with Gasteiger partial charge in [0.2, 0.25) is 0 Å². The second kappa shape index (κ2) is 8.41. The fraction of sp³-hybridized carbons (Fsp3) is 0.259. The van der Waals surface area contributed by atoms with Crippen molar-refractivity contribution in [2.75, 3.05) is 18.7 Å². The molecule has 1 aliphatic carbocycles. The number of benzene rings is 3. The number of anilines is 2. The van der Waals surface area contributed by atoms with Gasteiger partial charge in [0, 0.05) is 23.3 Å². The largest absolute Gasteiger partial charge is 0.497 e. The Hall–Kier alpha value is -2.87. The summed E-state index contributed by atoms with van der Waals surface area (Å²) < 4.78 is 5.78. The maximum Gasteiger partial charge on any atom is 0.268 e. The summed E-state index contributed by atoms with van der Waals surface area (Å²) in [7, 11) is 1.69. The van der Waals surface area contributed by atoms with E-state index in [0.717, 1.165) is 11.3 Å². The van der Waals surface area contributed by atoms with Gasteiger partial charge >= 0.3 is 0 Å². The molecule has 5 nitrogen and oxygen atoms in total. The van der Waals surface area contributed by atoms with Gasteiger partial charge in [0.1, 0.15) is 16.8 Å². The van der Waals surface area contributed by atoms with Crippen LogP contribution in [0, 0.1) is 0 Å². The molecule has 0 radical (unpaired) electrons. The number of amides is 1. The summed E-state index contributed by atoms with van der Waals surface area (Å²) in [6.07, 6.45) is 5.46. The third kappa shape index (κ3) is 3.42. The van der Waals surface area contributed by atoms with Crippen molar-refractivity contribution >= 4 is 62.4 Å². The number of fused-ring (bicyclic) bond motifs is 4. The van der Waals surface area contributed by atoms with Crippen molar-refractivity contribution in [2.24, 2.45) is 0 Å². The number of nitrogens with zero attached hydrogens (tertiary/aromatic N) is 2. The minimum Gasteiger partial charge on any atom is -0.497 e. The molecule has 2 fully saturated rings. The maximum absolute atomic E-state index is 12.5. The van der Waals surface area contributed by atoms with Crippen LogP contribution in [0.5, 0.6) is 5.75 Å². The summed E-state index contributed by atoms with van der Waals surface area (Å²) in [5.41, 5.74) is 4.81. The number of methoxy groups -OCH3 is 1. The average molecular weight is 489 g/mol. The van der Waals surface area contributed by atoms with Gasteiger partial charge < -0.3 is 14.7 Å². The van der Waals surface area contributed by atoms with E-state index in [9.17, 15) is 9.90 Å². The fourth-order valence-corrected chi connectivity index (χ4v) is 6.80. The van der Waals surface area contributed by atoms with Crippen LogP contribution < -0.4 is 9.64 Å². The van der Waals surface area contributed by atoms with E-state index < -0.39 is 0 Å². The van der Waals surface area contributed by atoms with Crippen LogP contribution in [0.1, 0.15) is 36.3 Å². The number of hydrogen-bond acceptors (Lipinski definition) is 6. The topological polar surface area (TPSA) is 53.0 Å². The fourth-order valence-electron chi connectivity index (χ4n) is 5.56. The number of hydrogen-bond donors (Lipinski definition) is 1. The average Bonchev–Trinajstić information content (AvgIpc) is 3.51. The van der Waals surface area contributed by atoms with E-state index in [1.54, 1.807) is 7.11 Å². The maximum atomic E-state index is 12.5. The van der Waals surface area contributed by atoms with E-state index in [0.29, 0.717) is 21.2 Å². The van der Waals surface area contributed by atoms with Crippen LogP contribution in [0.25, 0.3) is 16.8 Å². The van der Waals surface area contributed by atoms with Crippen molar-refractivity contribution in [3.05, 3.63) is 70.6 Å². The van der Waals surface area contributed by atoms with Gasteiger partial charge in [-0.05, 0) is 77.2 Å². The summed E-state index contributed by atoms with van der Waals surface area (Å²) in [6.45, 7) is -0.385. The van der Waals surface area contributed by atoms with Crippen LogP contribution in [0.2, 0.25) is 0 Å². The Balaban J connectivity index is 1.38. The van der Waals surface area contributed by atoms with Crippen LogP contribution in [0.4, 0.5) is 11.4 Å². The number of ether oxygens (including phenoxy) is 1. The van der Waals surface area contributed by atoms with E-state index in [4.69, 9.17) is 17.0 Å². The van der Waals surface area contributed by atoms with Crippen molar-refractivity contribution in [1.82, 2.24) is 4.90 Å². The van der Waals surface area contributed by atoms with Crippen LogP contribution in [0.3, 0.4) is 0 Å². The molecule has 1 N–H and O–H groups in total. The zero-order valence-electron chi connectivity index (χ0n) is 18.7. The van der Waals surface area contributed by atoms with Crippen molar-refractivity contribution in [3.63, 3.8) is 0 Å². The summed E-state index contributed by atoms with van der Waals surface area (Å²) in [5, 5.41) is 11.8. The molecule has 2 heterocycles. The summed E-state index contributed by atoms with van der Waals surface area (Å²) in [4.78, 5) is 16.8. The lowest BCUT2D eigenvalue weighted by molar-refractivity contribution is -0.124. The highest BCUT2D eigenvalue weighted by Gasteiger charge is 2.42. The van der Waals surface area contributed by atoms with Crippen molar-refractivity contribution in [3.8, 4) is 5.75 Å². The molecule has 0 bridgehead atoms. The molecular formula is C27H24N2O3S2. The molecule has 1 amide bonds. The normalized spacial score (nSPS) is 22.7. The number of aliphatic hydroxyl groups is 1. The second-order valence-corrected chi connectivity index (χ2v) is 10.6. The Morgan fingerprint density at radius 2 is 1.94 bits per heavy atom. The quantitative estimate of drug-likeness (QED) is 0.371. The summed E-state index contributed by atoms with van der Waals surface area (Å²) in [5.74, 6) is 1.12. The highest BCUT2D eigenvalue weighted by molar-refractivity contribution is 8.26. The monoisotopic (exact) mass is 488 g/mol. The minimum atomic E-state index is -0.385. The molecule has 0 aromatic heterocycles. The third-order valence-electron chi connectivity index (χ3n) is 7.14. The van der Waals surface area contributed by atoms with Crippen LogP contribution in [-0.2, 0) is 4.79 Å². The molecule has 3 aromatic rings. The van der Waals surface area contributed by atoms with Crippen molar-refractivity contribution in [2.45, 2.75) is 31.2 Å². The number of thiocarbonyl (C=S) groups is 1.